The molecule has 1 aromatic rings. The van der Waals surface area contributed by atoms with Crippen LogP contribution >= 0.6 is 11.8 Å². The lowest BCUT2D eigenvalue weighted by atomic mass is 10.1. The predicted octanol–water partition coefficient (Wildman–Crippen LogP) is 2.63. The molecule has 8 heteroatoms. The summed E-state index contributed by atoms with van der Waals surface area (Å²) in [6.07, 6.45) is -0.416. The number of carbonyl (C=O) groups is 1. The summed E-state index contributed by atoms with van der Waals surface area (Å²) in [5.74, 6) is 0.712. The maximum Gasteiger partial charge on any atom is 0.387 e. The van der Waals surface area contributed by atoms with Crippen LogP contribution in [0.1, 0.15) is 19.4 Å². The van der Waals surface area contributed by atoms with Gasteiger partial charge in [-0.2, -0.15) is 8.78 Å². The first-order valence-corrected chi connectivity index (χ1v) is 8.55. The SMILES string of the molecule is CC1=NC(C)(CNC(=O)C2Cc3cccc(OC(F)F)c3O2)CS1. The smallest absolute Gasteiger partial charge is 0.387 e. The number of nitrogens with zero attached hydrogens (tertiary/aromatic N) is 1. The highest BCUT2D eigenvalue weighted by Gasteiger charge is 2.34. The molecule has 0 aliphatic carbocycles. The Hall–Kier alpha value is -1.83. The average molecular weight is 356 g/mol. The number of halogens is 2. The van der Waals surface area contributed by atoms with Gasteiger partial charge in [0.1, 0.15) is 0 Å². The normalized spacial score (nSPS) is 25.2. The quantitative estimate of drug-likeness (QED) is 0.881. The topological polar surface area (TPSA) is 59.9 Å². The number of hydrogen-bond donors (Lipinski definition) is 1. The molecule has 0 fully saturated rings. The molecule has 2 atom stereocenters. The van der Waals surface area contributed by atoms with Gasteiger partial charge in [-0.25, -0.2) is 0 Å². The Labute approximate surface area is 142 Å². The zero-order valence-electron chi connectivity index (χ0n) is 13.3. The number of thioether (sulfide) groups is 1. The number of ether oxygens (including phenoxy) is 2. The van der Waals surface area contributed by atoms with E-state index in [-0.39, 0.29) is 22.9 Å². The largest absolute Gasteiger partial charge is 0.476 e. The van der Waals surface area contributed by atoms with E-state index in [4.69, 9.17) is 4.74 Å². The number of carbonyl (C=O) groups excluding carboxylic acids is 1. The van der Waals surface area contributed by atoms with Crippen molar-refractivity contribution in [2.45, 2.75) is 38.5 Å². The molecule has 24 heavy (non-hydrogen) atoms. The number of nitrogens with one attached hydrogen (secondary N) is 1. The molecule has 0 aromatic heterocycles. The molecule has 3 rings (SSSR count). The maximum atomic E-state index is 12.4. The number of alkyl halides is 2. The third-order valence-corrected chi connectivity index (χ3v) is 5.17. The van der Waals surface area contributed by atoms with Crippen LogP contribution in [0.3, 0.4) is 0 Å². The summed E-state index contributed by atoms with van der Waals surface area (Å²) in [6, 6.07) is 4.75. The fraction of sp³-hybridized carbons (Fsp3) is 0.500. The lowest BCUT2D eigenvalue weighted by Crippen LogP contribution is -2.45. The van der Waals surface area contributed by atoms with Crippen LogP contribution in [0, 0.1) is 0 Å². The second-order valence-electron chi connectivity index (χ2n) is 6.07. The average Bonchev–Trinajstić information content (AvgIpc) is 3.09. The Balaban J connectivity index is 1.62. The van der Waals surface area contributed by atoms with Crippen LogP contribution in [-0.4, -0.2) is 41.5 Å². The molecule has 130 valence electrons. The number of amides is 1. The molecular weight excluding hydrogens is 338 g/mol. The van der Waals surface area contributed by atoms with E-state index < -0.39 is 12.7 Å². The standard InChI is InChI=1S/C16H18F2N2O3S/c1-9-20-16(2,8-24-9)7-19-14(21)12-6-10-4-3-5-11(13(10)22-12)23-15(17)18/h3-5,12,15H,6-8H2,1-2H3,(H,19,21). The van der Waals surface area contributed by atoms with Crippen molar-refractivity contribution in [3.63, 3.8) is 0 Å². The number of para-hydroxylation sites is 1. The number of aliphatic imine (C=N–C) groups is 1. The molecular formula is C16H18F2N2O3S. The Morgan fingerprint density at radius 2 is 2.38 bits per heavy atom. The lowest BCUT2D eigenvalue weighted by Gasteiger charge is -2.21. The molecule has 2 aliphatic heterocycles. The summed E-state index contributed by atoms with van der Waals surface area (Å²) in [7, 11) is 0. The summed E-state index contributed by atoms with van der Waals surface area (Å²) in [6.45, 7) is 1.40. The van der Waals surface area contributed by atoms with E-state index in [2.05, 4.69) is 15.0 Å². The molecule has 2 aliphatic rings. The molecule has 0 saturated heterocycles. The van der Waals surface area contributed by atoms with Crippen molar-refractivity contribution >= 4 is 22.7 Å². The van der Waals surface area contributed by atoms with Crippen molar-refractivity contribution in [2.75, 3.05) is 12.3 Å². The van der Waals surface area contributed by atoms with E-state index in [0.717, 1.165) is 10.8 Å². The molecule has 2 unspecified atom stereocenters. The van der Waals surface area contributed by atoms with Gasteiger partial charge in [0.05, 0.1) is 10.6 Å². The van der Waals surface area contributed by atoms with Gasteiger partial charge < -0.3 is 14.8 Å². The van der Waals surface area contributed by atoms with E-state index in [1.807, 2.05) is 13.8 Å². The van der Waals surface area contributed by atoms with Crippen molar-refractivity contribution in [3.8, 4) is 11.5 Å². The van der Waals surface area contributed by atoms with Crippen LogP contribution in [0.25, 0.3) is 0 Å². The summed E-state index contributed by atoms with van der Waals surface area (Å²) in [4.78, 5) is 16.9. The second-order valence-corrected chi connectivity index (χ2v) is 7.24. The predicted molar refractivity (Wildman–Crippen MR) is 88.2 cm³/mol. The van der Waals surface area contributed by atoms with Crippen molar-refractivity contribution in [3.05, 3.63) is 23.8 Å². The first-order valence-electron chi connectivity index (χ1n) is 7.57. The Bertz CT molecular complexity index is 683. The van der Waals surface area contributed by atoms with Gasteiger partial charge >= 0.3 is 6.61 Å². The minimum atomic E-state index is -2.94. The number of hydrogen-bond acceptors (Lipinski definition) is 5. The fourth-order valence-electron chi connectivity index (χ4n) is 2.76. The van der Waals surface area contributed by atoms with Crippen LogP contribution in [0.4, 0.5) is 8.78 Å². The Morgan fingerprint density at radius 1 is 1.58 bits per heavy atom. The highest BCUT2D eigenvalue weighted by Crippen LogP contribution is 2.38. The third-order valence-electron chi connectivity index (χ3n) is 3.90. The zero-order chi connectivity index (χ0) is 17.3. The monoisotopic (exact) mass is 356 g/mol. The highest BCUT2D eigenvalue weighted by molar-refractivity contribution is 8.14. The van der Waals surface area contributed by atoms with Gasteiger partial charge in [-0.05, 0) is 19.9 Å². The fourth-order valence-corrected chi connectivity index (χ4v) is 3.73. The molecule has 0 radical (unpaired) electrons. The molecule has 2 heterocycles. The van der Waals surface area contributed by atoms with Gasteiger partial charge in [0.15, 0.2) is 17.6 Å². The minimum Gasteiger partial charge on any atom is -0.476 e. The van der Waals surface area contributed by atoms with Crippen molar-refractivity contribution in [1.29, 1.82) is 0 Å². The summed E-state index contributed by atoms with van der Waals surface area (Å²) >= 11 is 1.67. The van der Waals surface area contributed by atoms with Crippen LogP contribution in [-0.2, 0) is 11.2 Å². The van der Waals surface area contributed by atoms with E-state index in [1.165, 1.54) is 6.07 Å². The van der Waals surface area contributed by atoms with Crippen LogP contribution in [0.2, 0.25) is 0 Å². The molecule has 0 saturated carbocycles. The third kappa shape index (κ3) is 3.63. The summed E-state index contributed by atoms with van der Waals surface area (Å²) in [5.41, 5.74) is 0.365. The van der Waals surface area contributed by atoms with Crippen molar-refractivity contribution in [1.82, 2.24) is 5.32 Å². The summed E-state index contributed by atoms with van der Waals surface area (Å²) < 4.78 is 34.9. The first-order chi connectivity index (χ1) is 11.4. The molecule has 0 spiro atoms. The number of benzene rings is 1. The lowest BCUT2D eigenvalue weighted by molar-refractivity contribution is -0.127. The molecule has 1 N–H and O–H groups in total. The van der Waals surface area contributed by atoms with Gasteiger partial charge in [0.25, 0.3) is 5.91 Å². The number of fused-ring (bicyclic) bond motifs is 1. The Morgan fingerprint density at radius 3 is 3.04 bits per heavy atom. The minimum absolute atomic E-state index is 0.0443. The van der Waals surface area contributed by atoms with Gasteiger partial charge in [-0.15, -0.1) is 11.8 Å². The zero-order valence-corrected chi connectivity index (χ0v) is 14.2. The van der Waals surface area contributed by atoms with Crippen LogP contribution < -0.4 is 14.8 Å². The van der Waals surface area contributed by atoms with Crippen LogP contribution in [0.5, 0.6) is 11.5 Å². The van der Waals surface area contributed by atoms with Crippen molar-refractivity contribution < 1.29 is 23.0 Å². The van der Waals surface area contributed by atoms with Gasteiger partial charge in [-0.1, -0.05) is 12.1 Å². The number of rotatable bonds is 5. The molecule has 1 amide bonds. The Kier molecular flexibility index (Phi) is 4.67. The van der Waals surface area contributed by atoms with Gasteiger partial charge in [0.2, 0.25) is 0 Å². The van der Waals surface area contributed by atoms with E-state index >= 15 is 0 Å². The second kappa shape index (κ2) is 6.58. The summed E-state index contributed by atoms with van der Waals surface area (Å²) in [5, 5.41) is 3.85. The van der Waals surface area contributed by atoms with E-state index in [1.54, 1.807) is 23.9 Å². The maximum absolute atomic E-state index is 12.4. The van der Waals surface area contributed by atoms with E-state index in [0.29, 0.717) is 18.5 Å². The molecule has 0 bridgehead atoms. The first kappa shape index (κ1) is 17.0. The highest BCUT2D eigenvalue weighted by atomic mass is 32.2. The van der Waals surface area contributed by atoms with Crippen molar-refractivity contribution in [2.24, 2.45) is 4.99 Å². The van der Waals surface area contributed by atoms with Crippen LogP contribution in [0.15, 0.2) is 23.2 Å². The van der Waals surface area contributed by atoms with Gasteiger partial charge in [0, 0.05) is 24.3 Å². The molecule has 1 aromatic carbocycles. The van der Waals surface area contributed by atoms with E-state index in [9.17, 15) is 13.6 Å². The molecule has 5 nitrogen and oxygen atoms in total. The van der Waals surface area contributed by atoms with Gasteiger partial charge in [-0.3, -0.25) is 9.79 Å².